The van der Waals surface area contributed by atoms with Gasteiger partial charge in [0.1, 0.15) is 11.4 Å². The smallest absolute Gasteiger partial charge is 0.328 e. The molecule has 0 spiro atoms. The minimum atomic E-state index is -0.979. The van der Waals surface area contributed by atoms with Crippen LogP contribution in [0.5, 0.6) is 5.75 Å². The van der Waals surface area contributed by atoms with Crippen LogP contribution in [0.1, 0.15) is 50.4 Å². The highest BCUT2D eigenvalue weighted by Crippen LogP contribution is 2.30. The topological polar surface area (TPSA) is 59.4 Å². The van der Waals surface area contributed by atoms with Crippen molar-refractivity contribution in [1.82, 2.24) is 4.98 Å². The summed E-state index contributed by atoms with van der Waals surface area (Å²) in [6, 6.07) is 3.78. The van der Waals surface area contributed by atoms with Crippen LogP contribution >= 0.6 is 0 Å². The Balaban J connectivity index is 2.07. The molecular weight excluding hydrogens is 266 g/mol. The summed E-state index contributed by atoms with van der Waals surface area (Å²) in [5.41, 5.74) is 1.44. The minimum absolute atomic E-state index is 0.217. The first kappa shape index (κ1) is 15.5. The van der Waals surface area contributed by atoms with E-state index in [0.717, 1.165) is 30.5 Å². The fourth-order valence-electron chi connectivity index (χ4n) is 2.77. The molecule has 0 aromatic carbocycles. The molecule has 1 aliphatic carbocycles. The molecule has 1 fully saturated rings. The van der Waals surface area contributed by atoms with Crippen LogP contribution in [0.3, 0.4) is 0 Å². The molecule has 0 atom stereocenters. The molecule has 1 aliphatic rings. The Labute approximate surface area is 125 Å². The van der Waals surface area contributed by atoms with E-state index >= 15 is 0 Å². The fraction of sp³-hybridized carbons (Fsp3) is 0.529. The molecule has 0 bridgehead atoms. The Morgan fingerprint density at radius 2 is 2.10 bits per heavy atom. The van der Waals surface area contributed by atoms with Crippen LogP contribution < -0.4 is 4.74 Å². The highest BCUT2D eigenvalue weighted by molar-refractivity contribution is 5.85. The maximum absolute atomic E-state index is 10.7. The Morgan fingerprint density at radius 1 is 1.38 bits per heavy atom. The highest BCUT2D eigenvalue weighted by atomic mass is 16.5. The molecule has 1 N–H and O–H groups in total. The van der Waals surface area contributed by atoms with Crippen LogP contribution in [0.2, 0.25) is 0 Å². The van der Waals surface area contributed by atoms with Crippen molar-refractivity contribution in [3.05, 3.63) is 29.6 Å². The predicted molar refractivity (Wildman–Crippen MR) is 82.3 cm³/mol. The molecule has 1 saturated carbocycles. The van der Waals surface area contributed by atoms with E-state index in [1.165, 1.54) is 25.3 Å². The first-order valence-corrected chi connectivity index (χ1v) is 7.63. The number of nitrogens with zero attached hydrogens (tertiary/aromatic N) is 1. The summed E-state index contributed by atoms with van der Waals surface area (Å²) in [6.45, 7) is 4.12. The molecule has 0 amide bonds. The quantitative estimate of drug-likeness (QED) is 0.837. The molecule has 4 nitrogen and oxygen atoms in total. The van der Waals surface area contributed by atoms with E-state index in [4.69, 9.17) is 9.84 Å². The zero-order chi connectivity index (χ0) is 15.2. The molecule has 21 heavy (non-hydrogen) atoms. The standard InChI is InChI=1S/C17H23NO3/c1-3-13-5-7-14(8-6-13)21-16-10-4-12(2)18-15(16)9-11-17(19)20/h4,9-11,13-14H,3,5-8H2,1-2H3,(H,19,20). The molecule has 4 heteroatoms. The summed E-state index contributed by atoms with van der Waals surface area (Å²) in [5.74, 6) is 0.526. The monoisotopic (exact) mass is 289 g/mol. The average molecular weight is 289 g/mol. The van der Waals surface area contributed by atoms with Crippen molar-refractivity contribution in [3.8, 4) is 5.75 Å². The Morgan fingerprint density at radius 3 is 2.71 bits per heavy atom. The van der Waals surface area contributed by atoms with Gasteiger partial charge in [0.2, 0.25) is 0 Å². The van der Waals surface area contributed by atoms with Gasteiger partial charge in [-0.15, -0.1) is 0 Å². The number of pyridine rings is 1. The van der Waals surface area contributed by atoms with Gasteiger partial charge in [-0.25, -0.2) is 9.78 Å². The van der Waals surface area contributed by atoms with E-state index in [9.17, 15) is 4.79 Å². The molecule has 1 aromatic rings. The van der Waals surface area contributed by atoms with Crippen molar-refractivity contribution < 1.29 is 14.6 Å². The third kappa shape index (κ3) is 4.59. The lowest BCUT2D eigenvalue weighted by atomic mass is 9.86. The van der Waals surface area contributed by atoms with Gasteiger partial charge >= 0.3 is 5.97 Å². The van der Waals surface area contributed by atoms with Gasteiger partial charge in [-0.3, -0.25) is 0 Å². The first-order chi connectivity index (χ1) is 10.1. The third-order valence-electron chi connectivity index (χ3n) is 4.07. The second-order valence-electron chi connectivity index (χ2n) is 5.68. The Bertz CT molecular complexity index is 517. The summed E-state index contributed by atoms with van der Waals surface area (Å²) in [6.07, 6.45) is 8.61. The number of rotatable bonds is 5. The van der Waals surface area contributed by atoms with Crippen LogP contribution in [0, 0.1) is 12.8 Å². The van der Waals surface area contributed by atoms with Crippen molar-refractivity contribution >= 4 is 12.0 Å². The molecule has 0 radical (unpaired) electrons. The lowest BCUT2D eigenvalue weighted by molar-refractivity contribution is -0.131. The first-order valence-electron chi connectivity index (χ1n) is 7.63. The molecule has 1 heterocycles. The zero-order valence-corrected chi connectivity index (χ0v) is 12.7. The van der Waals surface area contributed by atoms with Gasteiger partial charge in [0.15, 0.2) is 0 Å². The molecule has 114 valence electrons. The molecular formula is C17H23NO3. The van der Waals surface area contributed by atoms with E-state index in [1.807, 2.05) is 19.1 Å². The molecule has 0 aliphatic heterocycles. The molecule has 1 aromatic heterocycles. The third-order valence-corrected chi connectivity index (χ3v) is 4.07. The number of carboxylic acid groups (broad SMARTS) is 1. The largest absolute Gasteiger partial charge is 0.488 e. The average Bonchev–Trinajstić information content (AvgIpc) is 2.48. The van der Waals surface area contributed by atoms with Gasteiger partial charge in [0.25, 0.3) is 0 Å². The minimum Gasteiger partial charge on any atom is -0.488 e. The van der Waals surface area contributed by atoms with Crippen molar-refractivity contribution in [1.29, 1.82) is 0 Å². The number of aromatic nitrogens is 1. The van der Waals surface area contributed by atoms with E-state index in [2.05, 4.69) is 11.9 Å². The van der Waals surface area contributed by atoms with Crippen molar-refractivity contribution in [2.75, 3.05) is 0 Å². The van der Waals surface area contributed by atoms with Crippen LogP contribution in [0.25, 0.3) is 6.08 Å². The second-order valence-corrected chi connectivity index (χ2v) is 5.68. The van der Waals surface area contributed by atoms with Gasteiger partial charge < -0.3 is 9.84 Å². The predicted octanol–water partition coefficient (Wildman–Crippen LogP) is 3.84. The number of hydrogen-bond acceptors (Lipinski definition) is 3. The summed E-state index contributed by atoms with van der Waals surface area (Å²) in [4.78, 5) is 15.0. The van der Waals surface area contributed by atoms with E-state index < -0.39 is 5.97 Å². The van der Waals surface area contributed by atoms with E-state index in [-0.39, 0.29) is 6.10 Å². The fourth-order valence-corrected chi connectivity index (χ4v) is 2.77. The van der Waals surface area contributed by atoms with Crippen LogP contribution in [-0.4, -0.2) is 22.2 Å². The number of aliphatic carboxylic acids is 1. The van der Waals surface area contributed by atoms with Crippen LogP contribution in [-0.2, 0) is 4.79 Å². The van der Waals surface area contributed by atoms with Crippen LogP contribution in [0.4, 0.5) is 0 Å². The van der Waals surface area contributed by atoms with Crippen molar-refractivity contribution in [3.63, 3.8) is 0 Å². The Hall–Kier alpha value is -1.84. The van der Waals surface area contributed by atoms with Gasteiger partial charge in [-0.2, -0.15) is 0 Å². The number of hydrogen-bond donors (Lipinski definition) is 1. The normalized spacial score (nSPS) is 22.4. The Kier molecular flexibility index (Phi) is 5.37. The summed E-state index contributed by atoms with van der Waals surface area (Å²) >= 11 is 0. The number of ether oxygens (including phenoxy) is 1. The second kappa shape index (κ2) is 7.25. The lowest BCUT2D eigenvalue weighted by Gasteiger charge is -2.28. The van der Waals surface area contributed by atoms with Gasteiger partial charge in [0, 0.05) is 11.8 Å². The summed E-state index contributed by atoms with van der Waals surface area (Å²) < 4.78 is 6.06. The summed E-state index contributed by atoms with van der Waals surface area (Å²) in [5, 5.41) is 8.76. The number of carboxylic acids is 1. The van der Waals surface area contributed by atoms with Gasteiger partial charge in [0.05, 0.1) is 6.10 Å². The van der Waals surface area contributed by atoms with E-state index in [1.54, 1.807) is 0 Å². The zero-order valence-electron chi connectivity index (χ0n) is 12.7. The molecule has 0 unspecified atom stereocenters. The van der Waals surface area contributed by atoms with E-state index in [0.29, 0.717) is 11.4 Å². The maximum atomic E-state index is 10.7. The van der Waals surface area contributed by atoms with Crippen LogP contribution in [0.15, 0.2) is 18.2 Å². The molecule has 2 rings (SSSR count). The van der Waals surface area contributed by atoms with Gasteiger partial charge in [-0.05, 0) is 56.7 Å². The summed E-state index contributed by atoms with van der Waals surface area (Å²) in [7, 11) is 0. The molecule has 0 saturated heterocycles. The number of carbonyl (C=O) groups is 1. The maximum Gasteiger partial charge on any atom is 0.328 e. The van der Waals surface area contributed by atoms with Gasteiger partial charge in [-0.1, -0.05) is 13.3 Å². The van der Waals surface area contributed by atoms with Crippen molar-refractivity contribution in [2.45, 2.75) is 52.1 Å². The van der Waals surface area contributed by atoms with Crippen molar-refractivity contribution in [2.24, 2.45) is 5.92 Å². The number of aryl methyl sites for hydroxylation is 1. The SMILES string of the molecule is CCC1CCC(Oc2ccc(C)nc2C=CC(=O)O)CC1. The highest BCUT2D eigenvalue weighted by Gasteiger charge is 2.22. The lowest BCUT2D eigenvalue weighted by Crippen LogP contribution is -2.24.